The molecule has 3 rings (SSSR count). The van der Waals surface area contributed by atoms with E-state index >= 15 is 0 Å². The lowest BCUT2D eigenvalue weighted by atomic mass is 9.92. The number of allylic oxidation sites excluding steroid dienone is 4. The van der Waals surface area contributed by atoms with Crippen molar-refractivity contribution in [1.29, 1.82) is 0 Å². The lowest BCUT2D eigenvalue weighted by Gasteiger charge is -2.04. The Hall–Kier alpha value is -2.11. The van der Waals surface area contributed by atoms with Crippen LogP contribution >= 0.6 is 0 Å². The molecular weight excluding hydrogens is 455 g/mol. The van der Waals surface area contributed by atoms with Crippen molar-refractivity contribution >= 4 is 24.7 Å². The van der Waals surface area contributed by atoms with Crippen LogP contribution in [0, 0.1) is 0 Å². The van der Waals surface area contributed by atoms with Crippen LogP contribution < -0.4 is 0 Å². The third-order valence-corrected chi connectivity index (χ3v) is 7.00. The van der Waals surface area contributed by atoms with E-state index in [0.29, 0.717) is 12.0 Å². The molecule has 0 amide bonds. The maximum atomic E-state index is 12.7. The number of hydrogen-bond donors (Lipinski definition) is 1. The summed E-state index contributed by atoms with van der Waals surface area (Å²) < 4.78 is 1.64. The van der Waals surface area contributed by atoms with Gasteiger partial charge in [0.05, 0.1) is 5.52 Å². The van der Waals surface area contributed by atoms with Gasteiger partial charge in [-0.05, 0) is 83.1 Å². The maximum absolute atomic E-state index is 12.7. The smallest absolute Gasteiger partial charge is 0.231 e. The Kier molecular flexibility index (Phi) is 16.0. The van der Waals surface area contributed by atoms with Crippen molar-refractivity contribution in [2.24, 2.45) is 0 Å². The highest BCUT2D eigenvalue weighted by Gasteiger charge is 2.15. The van der Waals surface area contributed by atoms with Crippen molar-refractivity contribution in [3.63, 3.8) is 0 Å². The first-order valence-electron chi connectivity index (χ1n) is 14.6. The van der Waals surface area contributed by atoms with E-state index in [1.54, 1.807) is 10.8 Å². The van der Waals surface area contributed by atoms with Crippen LogP contribution in [0.2, 0.25) is 0 Å². The standard InChI is InChI=1S/C27H38BNO2.C5H11N/c1-2-3-4-5-6-7-8-9-10-11-12-13-14-15-16-21-26(30)29-22-24(27(28)31)23-19-17-18-20-25(23)29;1-6-4-2-3-5-6/h6-7,9-10,17-20,22,27,31H,2-5,8,11-16,21H2,1H3;2-5H2,1H3/b7-6-,10-9-;. The molecule has 1 atom stereocenters. The molecule has 37 heavy (non-hydrogen) atoms. The fraction of sp³-hybridized carbons (Fsp3) is 0.594. The van der Waals surface area contributed by atoms with Crippen LogP contribution in [0.3, 0.4) is 0 Å². The first-order chi connectivity index (χ1) is 18.0. The molecule has 1 aliphatic heterocycles. The van der Waals surface area contributed by atoms with Crippen LogP contribution in [0.25, 0.3) is 10.9 Å². The monoisotopic (exact) mass is 504 g/mol. The number of carbonyl (C=O) groups excluding carboxylic acids is 1. The van der Waals surface area contributed by atoms with Gasteiger partial charge >= 0.3 is 0 Å². The number of hydrogen-bond acceptors (Lipinski definition) is 3. The second-order valence-corrected chi connectivity index (χ2v) is 10.3. The Morgan fingerprint density at radius 1 is 0.946 bits per heavy atom. The number of nitrogens with zero attached hydrogens (tertiary/aromatic N) is 2. The van der Waals surface area contributed by atoms with Crippen molar-refractivity contribution in [3.8, 4) is 0 Å². The summed E-state index contributed by atoms with van der Waals surface area (Å²) in [5.74, 6) is 0.0637. The average molecular weight is 505 g/mol. The van der Waals surface area contributed by atoms with Gasteiger partial charge in [-0.2, -0.15) is 0 Å². The van der Waals surface area contributed by atoms with Gasteiger partial charge in [-0.15, -0.1) is 0 Å². The van der Waals surface area contributed by atoms with Gasteiger partial charge < -0.3 is 10.0 Å². The summed E-state index contributed by atoms with van der Waals surface area (Å²) in [5, 5.41) is 10.6. The highest BCUT2D eigenvalue weighted by atomic mass is 16.3. The third kappa shape index (κ3) is 12.3. The number of likely N-dealkylation sites (tertiary alicyclic amines) is 1. The summed E-state index contributed by atoms with van der Waals surface area (Å²) in [6, 6.07) is 6.51. The minimum Gasteiger partial charge on any atom is -0.398 e. The zero-order valence-electron chi connectivity index (χ0n) is 23.4. The maximum Gasteiger partial charge on any atom is 0.231 e. The fourth-order valence-electron chi connectivity index (χ4n) is 4.73. The largest absolute Gasteiger partial charge is 0.398 e. The van der Waals surface area contributed by atoms with E-state index in [9.17, 15) is 9.90 Å². The molecule has 0 bridgehead atoms. The highest BCUT2D eigenvalue weighted by Crippen LogP contribution is 2.25. The van der Waals surface area contributed by atoms with Crippen molar-refractivity contribution in [3.05, 3.63) is 60.3 Å². The quantitative estimate of drug-likeness (QED) is 0.152. The van der Waals surface area contributed by atoms with Gasteiger partial charge in [0.1, 0.15) is 7.85 Å². The molecule has 0 saturated carbocycles. The molecule has 1 aliphatic rings. The molecule has 4 nitrogen and oxygen atoms in total. The van der Waals surface area contributed by atoms with E-state index in [1.165, 1.54) is 64.5 Å². The average Bonchev–Trinajstić information content (AvgIpc) is 3.53. The van der Waals surface area contributed by atoms with Gasteiger partial charge in [0.2, 0.25) is 5.91 Å². The topological polar surface area (TPSA) is 45.5 Å². The summed E-state index contributed by atoms with van der Waals surface area (Å²) in [6.45, 7) is 4.88. The number of aromatic nitrogens is 1. The molecule has 0 spiro atoms. The van der Waals surface area contributed by atoms with E-state index in [4.69, 9.17) is 7.85 Å². The van der Waals surface area contributed by atoms with Gasteiger partial charge in [0.25, 0.3) is 0 Å². The van der Waals surface area contributed by atoms with Crippen LogP contribution in [-0.2, 0) is 0 Å². The molecular formula is C32H49BN2O2. The number of aliphatic hydroxyl groups excluding tert-OH is 1. The fourth-order valence-corrected chi connectivity index (χ4v) is 4.73. The minimum atomic E-state index is -1.07. The third-order valence-electron chi connectivity index (χ3n) is 7.00. The summed E-state index contributed by atoms with van der Waals surface area (Å²) in [7, 11) is 7.83. The molecule has 2 aromatic rings. The van der Waals surface area contributed by atoms with Crippen molar-refractivity contribution in [2.45, 2.75) is 103 Å². The van der Waals surface area contributed by atoms with Crippen LogP contribution in [0.5, 0.6) is 0 Å². The summed E-state index contributed by atoms with van der Waals surface area (Å²) in [4.78, 5) is 15.0. The molecule has 202 valence electrons. The van der Waals surface area contributed by atoms with Crippen molar-refractivity contribution in [2.75, 3.05) is 20.1 Å². The lowest BCUT2D eigenvalue weighted by Crippen LogP contribution is -2.10. The number of para-hydroxylation sites is 1. The van der Waals surface area contributed by atoms with E-state index < -0.39 is 6.00 Å². The molecule has 5 heteroatoms. The zero-order chi connectivity index (χ0) is 26.7. The second-order valence-electron chi connectivity index (χ2n) is 10.3. The van der Waals surface area contributed by atoms with Gasteiger partial charge in [-0.3, -0.25) is 9.36 Å². The molecule has 0 aliphatic carbocycles. The second kappa shape index (κ2) is 19.0. The molecule has 1 fully saturated rings. The molecule has 1 N–H and O–H groups in total. The van der Waals surface area contributed by atoms with Gasteiger partial charge in [0, 0.05) is 24.0 Å². The van der Waals surface area contributed by atoms with Crippen LogP contribution in [0.4, 0.5) is 0 Å². The number of fused-ring (bicyclic) bond motifs is 1. The predicted molar refractivity (Wildman–Crippen MR) is 159 cm³/mol. The summed E-state index contributed by atoms with van der Waals surface area (Å²) in [6.07, 6.45) is 27.0. The number of benzene rings is 1. The zero-order valence-corrected chi connectivity index (χ0v) is 23.4. The molecule has 2 radical (unpaired) electrons. The van der Waals surface area contributed by atoms with Gasteiger partial charge in [-0.25, -0.2) is 0 Å². The van der Waals surface area contributed by atoms with Crippen LogP contribution in [-0.4, -0.2) is 48.5 Å². The molecule has 1 aromatic heterocycles. The van der Waals surface area contributed by atoms with E-state index in [1.807, 2.05) is 24.3 Å². The molecule has 1 aromatic carbocycles. The van der Waals surface area contributed by atoms with E-state index in [2.05, 4.69) is 43.2 Å². The Labute approximate surface area is 227 Å². The SMILES string of the molecule is CN1CCCC1.[B]C(O)c1cn(C(=O)CCCCCCC/C=C\C/C=C\CCCCC)c2ccccc12. The Bertz CT molecular complexity index is 941. The molecule has 1 unspecified atom stereocenters. The number of rotatable bonds is 15. The van der Waals surface area contributed by atoms with Gasteiger partial charge in [0.15, 0.2) is 0 Å². The van der Waals surface area contributed by atoms with E-state index in [0.717, 1.165) is 43.0 Å². The minimum absolute atomic E-state index is 0.0637. The van der Waals surface area contributed by atoms with E-state index in [-0.39, 0.29) is 5.91 Å². The number of carbonyl (C=O) groups is 1. The van der Waals surface area contributed by atoms with Crippen LogP contribution in [0.15, 0.2) is 54.8 Å². The molecule has 1 saturated heterocycles. The normalized spacial score (nSPS) is 15.0. The van der Waals surface area contributed by atoms with Crippen molar-refractivity contribution < 1.29 is 9.90 Å². The first kappa shape index (κ1) is 31.1. The molecule has 2 heterocycles. The Balaban J connectivity index is 0.000000700. The Morgan fingerprint density at radius 2 is 1.57 bits per heavy atom. The first-order valence-corrected chi connectivity index (χ1v) is 14.6. The lowest BCUT2D eigenvalue weighted by molar-refractivity contribution is 0.0904. The van der Waals surface area contributed by atoms with Crippen molar-refractivity contribution in [1.82, 2.24) is 9.47 Å². The summed E-state index contributed by atoms with van der Waals surface area (Å²) in [5.41, 5.74) is 1.42. The highest BCUT2D eigenvalue weighted by molar-refractivity contribution is 6.13. The Morgan fingerprint density at radius 3 is 2.19 bits per heavy atom. The summed E-state index contributed by atoms with van der Waals surface area (Å²) >= 11 is 0. The number of aliphatic hydroxyl groups is 1. The number of unbranched alkanes of at least 4 members (excludes halogenated alkanes) is 8. The predicted octanol–water partition coefficient (Wildman–Crippen LogP) is 7.97. The van der Waals surface area contributed by atoms with Crippen LogP contribution in [0.1, 0.15) is 113 Å². The van der Waals surface area contributed by atoms with Gasteiger partial charge in [-0.1, -0.05) is 81.5 Å².